The van der Waals surface area contributed by atoms with Crippen LogP contribution >= 0.6 is 0 Å². The van der Waals surface area contributed by atoms with E-state index in [1.54, 1.807) is 20.8 Å². The van der Waals surface area contributed by atoms with Gasteiger partial charge in [-0.2, -0.15) is 5.26 Å². The Balaban J connectivity index is 0.000000311. The van der Waals surface area contributed by atoms with Gasteiger partial charge in [-0.25, -0.2) is 9.59 Å². The van der Waals surface area contributed by atoms with Crippen LogP contribution in [0.5, 0.6) is 0 Å². The first-order valence-corrected chi connectivity index (χ1v) is 10.8. The molecule has 0 unspecified atom stereocenters. The van der Waals surface area contributed by atoms with Crippen molar-refractivity contribution in [3.63, 3.8) is 0 Å². The van der Waals surface area contributed by atoms with Crippen molar-refractivity contribution in [1.29, 1.82) is 5.26 Å². The second-order valence-electron chi connectivity index (χ2n) is 10.2. The van der Waals surface area contributed by atoms with E-state index in [1.165, 1.54) is 0 Å². The quantitative estimate of drug-likeness (QED) is 0.605. The van der Waals surface area contributed by atoms with Gasteiger partial charge in [-0.3, -0.25) is 4.79 Å². The summed E-state index contributed by atoms with van der Waals surface area (Å²) in [5.74, 6) is -1.03. The number of nitrogens with one attached hydrogen (secondary N) is 2. The van der Waals surface area contributed by atoms with Crippen LogP contribution in [0.4, 0.5) is 9.59 Å². The highest BCUT2D eigenvalue weighted by Gasteiger charge is 2.31. The third kappa shape index (κ3) is 11.5. The number of nitriles is 1. The zero-order valence-electron chi connectivity index (χ0n) is 19.5. The molecule has 2 aliphatic rings. The largest absolute Gasteiger partial charge is 0.481 e. The Morgan fingerprint density at radius 3 is 1.65 bits per heavy atom. The molecule has 9 nitrogen and oxygen atoms in total. The van der Waals surface area contributed by atoms with Gasteiger partial charge in [-0.15, -0.1) is 0 Å². The molecule has 0 aliphatic heterocycles. The predicted molar refractivity (Wildman–Crippen MR) is 114 cm³/mol. The lowest BCUT2D eigenvalue weighted by molar-refractivity contribution is -0.141. The third-order valence-electron chi connectivity index (χ3n) is 4.84. The van der Waals surface area contributed by atoms with Crippen molar-refractivity contribution in [3.05, 3.63) is 0 Å². The van der Waals surface area contributed by atoms with Crippen LogP contribution in [0, 0.1) is 23.2 Å². The molecule has 31 heavy (non-hydrogen) atoms. The average Bonchev–Trinajstić information content (AvgIpc) is 3.21. The summed E-state index contributed by atoms with van der Waals surface area (Å²) < 4.78 is 10.2. The molecule has 2 amide bonds. The van der Waals surface area contributed by atoms with E-state index in [0.29, 0.717) is 19.3 Å². The van der Waals surface area contributed by atoms with E-state index < -0.39 is 23.3 Å². The van der Waals surface area contributed by atoms with E-state index in [4.69, 9.17) is 19.8 Å². The number of hydrogen-bond donors (Lipinski definition) is 3. The molecular formula is C22H37N3O6. The summed E-state index contributed by atoms with van der Waals surface area (Å²) in [4.78, 5) is 33.5. The summed E-state index contributed by atoms with van der Waals surface area (Å²) in [7, 11) is 0. The van der Waals surface area contributed by atoms with E-state index in [-0.39, 0.29) is 30.0 Å². The number of amides is 2. The number of alkyl carbamates (subject to hydrolysis) is 2. The number of aliphatic carboxylic acids is 1. The van der Waals surface area contributed by atoms with E-state index in [2.05, 4.69) is 16.7 Å². The smallest absolute Gasteiger partial charge is 0.407 e. The van der Waals surface area contributed by atoms with Gasteiger partial charge in [-0.05, 0) is 80.1 Å². The number of hydrogen-bond acceptors (Lipinski definition) is 6. The zero-order chi connectivity index (χ0) is 23.8. The first-order valence-electron chi connectivity index (χ1n) is 10.8. The fourth-order valence-corrected chi connectivity index (χ4v) is 3.52. The predicted octanol–water partition coefficient (Wildman–Crippen LogP) is 3.97. The SMILES string of the molecule is CC(C)(C)OC(=O)N[C@@H]1CC[C@@H](C#N)C1.CC(C)(C)OC(=O)N[C@@H]1CC[C@@H](C(=O)O)C1. The molecular weight excluding hydrogens is 402 g/mol. The van der Waals surface area contributed by atoms with Crippen molar-refractivity contribution >= 4 is 18.2 Å². The van der Waals surface area contributed by atoms with Crippen LogP contribution in [-0.4, -0.2) is 46.5 Å². The number of carboxylic acid groups (broad SMARTS) is 1. The van der Waals surface area contributed by atoms with Crippen LogP contribution in [0.1, 0.15) is 80.1 Å². The number of ether oxygens (including phenoxy) is 2. The Kier molecular flexibility index (Phi) is 9.60. The Hall–Kier alpha value is -2.50. The lowest BCUT2D eigenvalue weighted by Crippen LogP contribution is -2.38. The van der Waals surface area contributed by atoms with Gasteiger partial charge in [0, 0.05) is 18.0 Å². The molecule has 3 N–H and O–H groups in total. The molecule has 176 valence electrons. The molecule has 0 radical (unpaired) electrons. The molecule has 2 rings (SSSR count). The highest BCUT2D eigenvalue weighted by molar-refractivity contribution is 5.71. The maximum Gasteiger partial charge on any atom is 0.407 e. The van der Waals surface area contributed by atoms with Crippen LogP contribution in [0.2, 0.25) is 0 Å². The van der Waals surface area contributed by atoms with E-state index in [0.717, 1.165) is 19.3 Å². The van der Waals surface area contributed by atoms with E-state index >= 15 is 0 Å². The van der Waals surface area contributed by atoms with Crippen molar-refractivity contribution in [2.45, 2.75) is 103 Å². The van der Waals surface area contributed by atoms with Gasteiger partial charge >= 0.3 is 18.2 Å². The van der Waals surface area contributed by atoms with Crippen LogP contribution in [0.3, 0.4) is 0 Å². The molecule has 2 saturated carbocycles. The van der Waals surface area contributed by atoms with Crippen molar-refractivity contribution in [2.75, 3.05) is 0 Å². The van der Waals surface area contributed by atoms with Crippen molar-refractivity contribution in [1.82, 2.24) is 10.6 Å². The van der Waals surface area contributed by atoms with Gasteiger partial charge in [0.25, 0.3) is 0 Å². The molecule has 0 aromatic rings. The minimum Gasteiger partial charge on any atom is -0.481 e. The molecule has 2 fully saturated rings. The molecule has 0 heterocycles. The first-order chi connectivity index (χ1) is 14.2. The number of rotatable bonds is 3. The third-order valence-corrected chi connectivity index (χ3v) is 4.84. The van der Waals surface area contributed by atoms with Crippen LogP contribution in [-0.2, 0) is 14.3 Å². The molecule has 9 heteroatoms. The summed E-state index contributed by atoms with van der Waals surface area (Å²) in [6, 6.07) is 2.25. The van der Waals surface area contributed by atoms with Gasteiger partial charge in [0.2, 0.25) is 0 Å². The standard InChI is InChI=1S/C11H18N2O2.C11H19NO4/c1-11(2,3)15-10(14)13-9-5-4-8(6-9)7-12;1-11(2,3)16-10(15)12-8-5-4-7(6-8)9(13)14/h8-9H,4-6H2,1-3H3,(H,13,14);7-8H,4-6H2,1-3H3,(H,12,15)(H,13,14)/t8-,9-;7-,8-/m11/s1. The van der Waals surface area contributed by atoms with Crippen molar-refractivity contribution in [2.24, 2.45) is 11.8 Å². The lowest BCUT2D eigenvalue weighted by Gasteiger charge is -2.21. The van der Waals surface area contributed by atoms with Gasteiger partial charge in [0.1, 0.15) is 11.2 Å². The maximum atomic E-state index is 11.4. The Labute approximate surface area is 184 Å². The maximum absolute atomic E-state index is 11.4. The minimum absolute atomic E-state index is 0.0732. The minimum atomic E-state index is -0.784. The summed E-state index contributed by atoms with van der Waals surface area (Å²) in [6.07, 6.45) is 3.46. The van der Waals surface area contributed by atoms with E-state index in [9.17, 15) is 14.4 Å². The molecule has 0 spiro atoms. The van der Waals surface area contributed by atoms with E-state index in [1.807, 2.05) is 20.8 Å². The average molecular weight is 440 g/mol. The van der Waals surface area contributed by atoms with Crippen LogP contribution < -0.4 is 10.6 Å². The Morgan fingerprint density at radius 2 is 1.29 bits per heavy atom. The fourth-order valence-electron chi connectivity index (χ4n) is 3.52. The van der Waals surface area contributed by atoms with Crippen molar-refractivity contribution in [3.8, 4) is 6.07 Å². The van der Waals surface area contributed by atoms with Gasteiger partial charge in [0.05, 0.1) is 12.0 Å². The number of carbonyl (C=O) groups excluding carboxylic acids is 2. The van der Waals surface area contributed by atoms with Gasteiger partial charge in [-0.1, -0.05) is 0 Å². The normalized spacial score (nSPS) is 25.5. The number of carbonyl (C=O) groups is 3. The fraction of sp³-hybridized carbons (Fsp3) is 0.818. The highest BCUT2D eigenvalue weighted by Crippen LogP contribution is 2.26. The topological polar surface area (TPSA) is 138 Å². The summed E-state index contributed by atoms with van der Waals surface area (Å²) in [5.41, 5.74) is -0.980. The summed E-state index contributed by atoms with van der Waals surface area (Å²) in [6.45, 7) is 10.9. The van der Waals surface area contributed by atoms with Gasteiger partial charge in [0.15, 0.2) is 0 Å². The number of carboxylic acids is 1. The summed E-state index contributed by atoms with van der Waals surface area (Å²) >= 11 is 0. The second kappa shape index (κ2) is 11.2. The van der Waals surface area contributed by atoms with Crippen LogP contribution in [0.25, 0.3) is 0 Å². The number of nitrogens with zero attached hydrogens (tertiary/aromatic N) is 1. The van der Waals surface area contributed by atoms with Gasteiger partial charge < -0.3 is 25.2 Å². The Morgan fingerprint density at radius 1 is 0.839 bits per heavy atom. The molecule has 0 aromatic carbocycles. The first kappa shape index (κ1) is 26.5. The molecule has 4 atom stereocenters. The molecule has 2 aliphatic carbocycles. The highest BCUT2D eigenvalue weighted by atomic mass is 16.6. The molecule has 0 saturated heterocycles. The molecule has 0 aromatic heterocycles. The van der Waals surface area contributed by atoms with Crippen molar-refractivity contribution < 1.29 is 29.0 Å². The monoisotopic (exact) mass is 439 g/mol. The Bertz CT molecular complexity index is 674. The molecule has 0 bridgehead atoms. The summed E-state index contributed by atoms with van der Waals surface area (Å²) in [5, 5.41) is 23.0. The zero-order valence-corrected chi connectivity index (χ0v) is 19.5. The lowest BCUT2D eigenvalue weighted by atomic mass is 10.1. The van der Waals surface area contributed by atoms with Crippen LogP contribution in [0.15, 0.2) is 0 Å². The second-order valence-corrected chi connectivity index (χ2v) is 10.2.